The van der Waals surface area contributed by atoms with Gasteiger partial charge in [0, 0.05) is 26.2 Å². The second-order valence-electron chi connectivity index (χ2n) is 5.99. The lowest BCUT2D eigenvalue weighted by Crippen LogP contribution is -2.37. The molecule has 1 aliphatic heterocycles. The minimum absolute atomic E-state index is 0.629. The summed E-state index contributed by atoms with van der Waals surface area (Å²) in [6.07, 6.45) is 2.72. The summed E-state index contributed by atoms with van der Waals surface area (Å²) in [6.45, 7) is 5.37. The molecule has 3 nitrogen and oxygen atoms in total. The fraction of sp³-hybridized carbons (Fsp3) is 0.625. The lowest BCUT2D eigenvalue weighted by Gasteiger charge is -2.32. The van der Waals surface area contributed by atoms with E-state index in [0.717, 1.165) is 12.5 Å². The highest BCUT2D eigenvalue weighted by molar-refractivity contribution is 5.22. The lowest BCUT2D eigenvalue weighted by atomic mass is 9.98. The smallest absolute Gasteiger partial charge is 0.0230 e. The monoisotopic (exact) mass is 261 g/mol. The van der Waals surface area contributed by atoms with E-state index in [9.17, 15) is 0 Å². The fourth-order valence-electron chi connectivity index (χ4n) is 3.02. The van der Waals surface area contributed by atoms with E-state index in [-0.39, 0.29) is 0 Å². The highest BCUT2D eigenvalue weighted by Crippen LogP contribution is 2.17. The Hall–Kier alpha value is -0.900. The first kappa shape index (κ1) is 14.5. The van der Waals surface area contributed by atoms with Crippen molar-refractivity contribution in [1.82, 2.24) is 9.80 Å². The van der Waals surface area contributed by atoms with Crippen LogP contribution in [0.15, 0.2) is 24.3 Å². The van der Waals surface area contributed by atoms with Gasteiger partial charge in [-0.2, -0.15) is 0 Å². The molecule has 1 heterocycles. The molecule has 0 bridgehead atoms. The maximum Gasteiger partial charge on any atom is 0.0230 e. The second kappa shape index (κ2) is 7.04. The summed E-state index contributed by atoms with van der Waals surface area (Å²) in [5, 5.41) is 0. The van der Waals surface area contributed by atoms with Crippen molar-refractivity contribution in [2.75, 3.05) is 33.7 Å². The molecule has 0 spiro atoms. The molecule has 19 heavy (non-hydrogen) atoms. The molecule has 0 aromatic heterocycles. The van der Waals surface area contributed by atoms with E-state index in [4.69, 9.17) is 5.73 Å². The van der Waals surface area contributed by atoms with Crippen LogP contribution in [-0.4, -0.2) is 43.5 Å². The summed E-state index contributed by atoms with van der Waals surface area (Å²) in [6, 6.07) is 8.67. The van der Waals surface area contributed by atoms with Gasteiger partial charge in [0.1, 0.15) is 0 Å². The topological polar surface area (TPSA) is 32.5 Å². The third-order valence-corrected chi connectivity index (χ3v) is 4.00. The molecule has 1 fully saturated rings. The van der Waals surface area contributed by atoms with E-state index in [1.807, 2.05) is 0 Å². The first-order valence-corrected chi connectivity index (χ1v) is 7.32. The summed E-state index contributed by atoms with van der Waals surface area (Å²) >= 11 is 0. The van der Waals surface area contributed by atoms with Gasteiger partial charge >= 0.3 is 0 Å². The molecule has 1 saturated heterocycles. The normalized spacial score (nSPS) is 20.9. The predicted molar refractivity (Wildman–Crippen MR) is 80.9 cm³/mol. The third kappa shape index (κ3) is 4.60. The number of benzene rings is 1. The Morgan fingerprint density at radius 2 is 1.95 bits per heavy atom. The quantitative estimate of drug-likeness (QED) is 0.879. The summed E-state index contributed by atoms with van der Waals surface area (Å²) in [4.78, 5) is 4.90. The van der Waals surface area contributed by atoms with Crippen molar-refractivity contribution < 1.29 is 0 Å². The average Bonchev–Trinajstić information content (AvgIpc) is 2.39. The Labute approximate surface area is 117 Å². The standard InChI is InChI=1S/C16H27N3/c1-18-9-3-4-16(12-18)13-19(2)11-15-7-5-14(10-17)6-8-15/h5-8,16H,3-4,9-13,17H2,1-2H3. The van der Waals surface area contributed by atoms with Crippen molar-refractivity contribution in [2.24, 2.45) is 11.7 Å². The summed E-state index contributed by atoms with van der Waals surface area (Å²) in [7, 11) is 4.46. The van der Waals surface area contributed by atoms with Crippen molar-refractivity contribution in [3.63, 3.8) is 0 Å². The maximum atomic E-state index is 5.62. The highest BCUT2D eigenvalue weighted by atomic mass is 15.1. The van der Waals surface area contributed by atoms with Crippen LogP contribution in [0.1, 0.15) is 24.0 Å². The van der Waals surface area contributed by atoms with Crippen LogP contribution in [0.25, 0.3) is 0 Å². The summed E-state index contributed by atoms with van der Waals surface area (Å²) < 4.78 is 0. The summed E-state index contributed by atoms with van der Waals surface area (Å²) in [5.74, 6) is 0.826. The molecular weight excluding hydrogens is 234 g/mol. The van der Waals surface area contributed by atoms with E-state index in [1.165, 1.54) is 43.6 Å². The Morgan fingerprint density at radius 1 is 1.26 bits per heavy atom. The molecule has 1 aromatic rings. The van der Waals surface area contributed by atoms with Crippen LogP contribution >= 0.6 is 0 Å². The van der Waals surface area contributed by atoms with Gasteiger partial charge in [0.05, 0.1) is 0 Å². The molecule has 2 rings (SSSR count). The zero-order valence-electron chi connectivity index (χ0n) is 12.3. The molecule has 0 amide bonds. The van der Waals surface area contributed by atoms with Crippen molar-refractivity contribution in [3.05, 3.63) is 35.4 Å². The van der Waals surface area contributed by atoms with Crippen LogP contribution in [0.5, 0.6) is 0 Å². The number of nitrogens with two attached hydrogens (primary N) is 1. The van der Waals surface area contributed by atoms with Gasteiger partial charge in [0.2, 0.25) is 0 Å². The molecule has 0 radical (unpaired) electrons. The van der Waals surface area contributed by atoms with Crippen LogP contribution in [0.4, 0.5) is 0 Å². The van der Waals surface area contributed by atoms with Gasteiger partial charge in [-0.3, -0.25) is 0 Å². The Morgan fingerprint density at radius 3 is 2.58 bits per heavy atom. The molecule has 1 aromatic carbocycles. The van der Waals surface area contributed by atoms with Gasteiger partial charge < -0.3 is 15.5 Å². The highest BCUT2D eigenvalue weighted by Gasteiger charge is 2.18. The summed E-state index contributed by atoms with van der Waals surface area (Å²) in [5.41, 5.74) is 8.21. The van der Waals surface area contributed by atoms with Gasteiger partial charge in [-0.15, -0.1) is 0 Å². The lowest BCUT2D eigenvalue weighted by molar-refractivity contribution is 0.163. The van der Waals surface area contributed by atoms with E-state index < -0.39 is 0 Å². The van der Waals surface area contributed by atoms with Crippen molar-refractivity contribution >= 4 is 0 Å². The van der Waals surface area contributed by atoms with Crippen LogP contribution in [0.2, 0.25) is 0 Å². The minimum Gasteiger partial charge on any atom is -0.326 e. The van der Waals surface area contributed by atoms with E-state index >= 15 is 0 Å². The van der Waals surface area contributed by atoms with E-state index in [1.54, 1.807) is 0 Å². The molecular formula is C16H27N3. The molecule has 3 heteroatoms. The SMILES string of the molecule is CN1CCCC(CN(C)Cc2ccc(CN)cc2)C1. The minimum atomic E-state index is 0.629. The van der Waals surface area contributed by atoms with E-state index in [2.05, 4.69) is 48.2 Å². The number of piperidine rings is 1. The zero-order valence-corrected chi connectivity index (χ0v) is 12.3. The molecule has 1 unspecified atom stereocenters. The number of nitrogens with zero attached hydrogens (tertiary/aromatic N) is 2. The molecule has 0 saturated carbocycles. The Balaban J connectivity index is 1.81. The van der Waals surface area contributed by atoms with Gasteiger partial charge in [-0.25, -0.2) is 0 Å². The van der Waals surface area contributed by atoms with E-state index in [0.29, 0.717) is 6.54 Å². The van der Waals surface area contributed by atoms with Crippen LogP contribution < -0.4 is 5.73 Å². The predicted octanol–water partition coefficient (Wildman–Crippen LogP) is 1.92. The van der Waals surface area contributed by atoms with Crippen molar-refractivity contribution in [1.29, 1.82) is 0 Å². The van der Waals surface area contributed by atoms with Crippen molar-refractivity contribution in [2.45, 2.75) is 25.9 Å². The molecule has 2 N–H and O–H groups in total. The van der Waals surface area contributed by atoms with Gasteiger partial charge in [0.15, 0.2) is 0 Å². The average molecular weight is 261 g/mol. The van der Waals surface area contributed by atoms with Crippen LogP contribution in [0.3, 0.4) is 0 Å². The number of likely N-dealkylation sites (tertiary alicyclic amines) is 1. The van der Waals surface area contributed by atoms with Crippen LogP contribution in [0, 0.1) is 5.92 Å². The number of hydrogen-bond acceptors (Lipinski definition) is 3. The molecule has 106 valence electrons. The zero-order chi connectivity index (χ0) is 13.7. The van der Waals surface area contributed by atoms with Crippen LogP contribution in [-0.2, 0) is 13.1 Å². The first-order chi connectivity index (χ1) is 9.17. The second-order valence-corrected chi connectivity index (χ2v) is 5.99. The van der Waals surface area contributed by atoms with Gasteiger partial charge in [0.25, 0.3) is 0 Å². The molecule has 0 aliphatic carbocycles. The molecule has 1 aliphatic rings. The maximum absolute atomic E-state index is 5.62. The largest absolute Gasteiger partial charge is 0.326 e. The van der Waals surface area contributed by atoms with Gasteiger partial charge in [-0.05, 0) is 50.5 Å². The third-order valence-electron chi connectivity index (χ3n) is 4.00. The first-order valence-electron chi connectivity index (χ1n) is 7.32. The van der Waals surface area contributed by atoms with Gasteiger partial charge in [-0.1, -0.05) is 24.3 Å². The van der Waals surface area contributed by atoms with Crippen molar-refractivity contribution in [3.8, 4) is 0 Å². The Bertz CT molecular complexity index is 374. The number of rotatable bonds is 5. The molecule has 1 atom stereocenters. The Kier molecular flexibility index (Phi) is 5.37. The fourth-order valence-corrected chi connectivity index (χ4v) is 3.02. The number of hydrogen-bond donors (Lipinski definition) is 1.